The van der Waals surface area contributed by atoms with Gasteiger partial charge in [-0.2, -0.15) is 0 Å². The van der Waals surface area contributed by atoms with Crippen LogP contribution >= 0.6 is 23.1 Å². The maximum absolute atomic E-state index is 10.4. The summed E-state index contributed by atoms with van der Waals surface area (Å²) >= 11 is 3.23. The van der Waals surface area contributed by atoms with E-state index in [2.05, 4.69) is 18.8 Å². The van der Waals surface area contributed by atoms with Crippen molar-refractivity contribution in [3.63, 3.8) is 0 Å². The number of carboxylic acid groups (broad SMARTS) is 1. The number of aliphatic carboxylic acids is 1. The highest BCUT2D eigenvalue weighted by Crippen LogP contribution is 2.28. The van der Waals surface area contributed by atoms with Gasteiger partial charge in [0.2, 0.25) is 0 Å². The van der Waals surface area contributed by atoms with E-state index in [0.29, 0.717) is 10.9 Å². The van der Waals surface area contributed by atoms with Gasteiger partial charge in [0.25, 0.3) is 0 Å². The molecule has 78 valence electrons. The fourth-order valence-electron chi connectivity index (χ4n) is 0.834. The van der Waals surface area contributed by atoms with E-state index in [1.54, 1.807) is 11.8 Å². The molecule has 0 fully saturated rings. The number of nitrogens with zero attached hydrogens (tertiary/aromatic N) is 1. The van der Waals surface area contributed by atoms with Crippen molar-refractivity contribution in [2.75, 3.05) is 0 Å². The number of hydrogen-bond acceptors (Lipinski definition) is 4. The Labute approximate surface area is 91.6 Å². The Hall–Kier alpha value is -0.550. The van der Waals surface area contributed by atoms with Crippen LogP contribution in [0.4, 0.5) is 0 Å². The van der Waals surface area contributed by atoms with Crippen LogP contribution in [-0.4, -0.2) is 21.3 Å². The number of aromatic nitrogens is 1. The standard InChI is InChI=1S/C9H13NO2S2/c1-3-6(2)14-9-10-7(5-13-9)4-8(11)12/h5-6H,3-4H2,1-2H3,(H,11,12). The molecule has 1 aromatic rings. The van der Waals surface area contributed by atoms with Crippen molar-refractivity contribution in [2.24, 2.45) is 0 Å². The lowest BCUT2D eigenvalue weighted by Gasteiger charge is -2.03. The van der Waals surface area contributed by atoms with Crippen LogP contribution in [0.5, 0.6) is 0 Å². The second-order valence-corrected chi connectivity index (χ2v) is 5.56. The number of carboxylic acids is 1. The summed E-state index contributed by atoms with van der Waals surface area (Å²) in [6.45, 7) is 4.27. The zero-order chi connectivity index (χ0) is 10.6. The fourth-order valence-corrected chi connectivity index (χ4v) is 2.92. The molecule has 0 saturated heterocycles. The zero-order valence-corrected chi connectivity index (χ0v) is 9.82. The monoisotopic (exact) mass is 231 g/mol. The Morgan fingerprint density at radius 3 is 3.07 bits per heavy atom. The number of thioether (sulfide) groups is 1. The lowest BCUT2D eigenvalue weighted by Crippen LogP contribution is -2.00. The third-order valence-electron chi connectivity index (χ3n) is 1.74. The van der Waals surface area contributed by atoms with E-state index in [-0.39, 0.29) is 6.42 Å². The zero-order valence-electron chi connectivity index (χ0n) is 8.19. The first kappa shape index (κ1) is 11.5. The van der Waals surface area contributed by atoms with Gasteiger partial charge in [-0.25, -0.2) is 4.98 Å². The quantitative estimate of drug-likeness (QED) is 0.791. The number of rotatable bonds is 5. The molecule has 3 nitrogen and oxygen atoms in total. The van der Waals surface area contributed by atoms with Crippen LogP contribution in [0.25, 0.3) is 0 Å². The van der Waals surface area contributed by atoms with E-state index in [9.17, 15) is 4.79 Å². The molecule has 0 aliphatic heterocycles. The summed E-state index contributed by atoms with van der Waals surface area (Å²) in [5.41, 5.74) is 0.660. The molecule has 0 bridgehead atoms. The molecule has 1 atom stereocenters. The second kappa shape index (κ2) is 5.36. The van der Waals surface area contributed by atoms with Gasteiger partial charge >= 0.3 is 5.97 Å². The van der Waals surface area contributed by atoms with Crippen LogP contribution in [0.3, 0.4) is 0 Å². The summed E-state index contributed by atoms with van der Waals surface area (Å²) in [6, 6.07) is 0. The van der Waals surface area contributed by atoms with Gasteiger partial charge in [-0.3, -0.25) is 4.79 Å². The summed E-state index contributed by atoms with van der Waals surface area (Å²) in [6.07, 6.45) is 1.12. The molecule has 0 amide bonds. The Bertz CT molecular complexity index is 312. The van der Waals surface area contributed by atoms with E-state index in [4.69, 9.17) is 5.11 Å². The number of thiazole rings is 1. The van der Waals surface area contributed by atoms with Crippen LogP contribution in [0.1, 0.15) is 26.0 Å². The molecule has 1 heterocycles. The number of hydrogen-bond donors (Lipinski definition) is 1. The van der Waals surface area contributed by atoms with Crippen LogP contribution in [0.15, 0.2) is 9.72 Å². The highest BCUT2D eigenvalue weighted by atomic mass is 32.2. The molecule has 1 N–H and O–H groups in total. The predicted octanol–water partition coefficient (Wildman–Crippen LogP) is 2.66. The van der Waals surface area contributed by atoms with Gasteiger partial charge in [-0.1, -0.05) is 25.6 Å². The van der Waals surface area contributed by atoms with Crippen LogP contribution in [-0.2, 0) is 11.2 Å². The molecule has 0 radical (unpaired) electrons. The second-order valence-electron chi connectivity index (χ2n) is 3.01. The smallest absolute Gasteiger partial charge is 0.309 e. The largest absolute Gasteiger partial charge is 0.481 e. The lowest BCUT2D eigenvalue weighted by atomic mass is 10.3. The molecule has 1 rings (SSSR count). The third-order valence-corrected chi connectivity index (χ3v) is 4.03. The van der Waals surface area contributed by atoms with Crippen molar-refractivity contribution in [1.82, 2.24) is 4.98 Å². The minimum atomic E-state index is -0.824. The lowest BCUT2D eigenvalue weighted by molar-refractivity contribution is -0.136. The average molecular weight is 231 g/mol. The average Bonchev–Trinajstić information content (AvgIpc) is 2.51. The molecular weight excluding hydrogens is 218 g/mol. The first-order chi connectivity index (χ1) is 6.61. The summed E-state index contributed by atoms with van der Waals surface area (Å²) < 4.78 is 0.968. The van der Waals surface area contributed by atoms with Gasteiger partial charge < -0.3 is 5.11 Å². The summed E-state index contributed by atoms with van der Waals surface area (Å²) in [5, 5.41) is 10.9. The van der Waals surface area contributed by atoms with E-state index in [0.717, 1.165) is 10.8 Å². The molecule has 5 heteroatoms. The summed E-state index contributed by atoms with van der Waals surface area (Å²) in [4.78, 5) is 14.7. The maximum atomic E-state index is 10.4. The van der Waals surface area contributed by atoms with Gasteiger partial charge in [-0.05, 0) is 6.42 Å². The molecule has 14 heavy (non-hydrogen) atoms. The van der Waals surface area contributed by atoms with Gasteiger partial charge in [0.1, 0.15) is 4.34 Å². The van der Waals surface area contributed by atoms with Crippen molar-refractivity contribution in [2.45, 2.75) is 36.3 Å². The van der Waals surface area contributed by atoms with E-state index in [1.807, 2.05) is 5.38 Å². The number of carbonyl (C=O) groups is 1. The first-order valence-electron chi connectivity index (χ1n) is 4.44. The molecule has 1 aromatic heterocycles. The summed E-state index contributed by atoms with van der Waals surface area (Å²) in [7, 11) is 0. The highest BCUT2D eigenvalue weighted by molar-refractivity contribution is 8.01. The topological polar surface area (TPSA) is 50.2 Å². The van der Waals surface area contributed by atoms with Gasteiger partial charge in [0, 0.05) is 10.6 Å². The minimum absolute atomic E-state index is 0.0254. The molecule has 0 aliphatic carbocycles. The third kappa shape index (κ3) is 3.67. The van der Waals surface area contributed by atoms with Gasteiger partial charge in [0.15, 0.2) is 0 Å². The van der Waals surface area contributed by atoms with Crippen molar-refractivity contribution in [3.05, 3.63) is 11.1 Å². The Balaban J connectivity index is 2.54. The van der Waals surface area contributed by atoms with E-state index < -0.39 is 5.97 Å². The molecule has 0 saturated carbocycles. The minimum Gasteiger partial charge on any atom is -0.481 e. The van der Waals surface area contributed by atoms with Crippen LogP contribution in [0.2, 0.25) is 0 Å². The normalized spacial score (nSPS) is 12.7. The fraction of sp³-hybridized carbons (Fsp3) is 0.556. The van der Waals surface area contributed by atoms with Crippen LogP contribution in [0, 0.1) is 0 Å². The predicted molar refractivity (Wildman–Crippen MR) is 59.1 cm³/mol. The van der Waals surface area contributed by atoms with Gasteiger partial charge in [-0.15, -0.1) is 11.3 Å². The Morgan fingerprint density at radius 1 is 1.79 bits per heavy atom. The highest BCUT2D eigenvalue weighted by Gasteiger charge is 2.08. The van der Waals surface area contributed by atoms with Crippen molar-refractivity contribution < 1.29 is 9.90 Å². The Morgan fingerprint density at radius 2 is 2.50 bits per heavy atom. The van der Waals surface area contributed by atoms with E-state index >= 15 is 0 Å². The van der Waals surface area contributed by atoms with Crippen LogP contribution < -0.4 is 0 Å². The van der Waals surface area contributed by atoms with E-state index in [1.165, 1.54) is 11.3 Å². The molecule has 0 aromatic carbocycles. The van der Waals surface area contributed by atoms with Crippen molar-refractivity contribution >= 4 is 29.1 Å². The molecule has 0 spiro atoms. The SMILES string of the molecule is CCC(C)Sc1nc(CC(=O)O)cs1. The molecule has 1 unspecified atom stereocenters. The van der Waals surface area contributed by atoms with Gasteiger partial charge in [0.05, 0.1) is 12.1 Å². The molecular formula is C9H13NO2S2. The van der Waals surface area contributed by atoms with Crippen molar-refractivity contribution in [3.8, 4) is 0 Å². The maximum Gasteiger partial charge on any atom is 0.309 e. The molecule has 0 aliphatic rings. The van der Waals surface area contributed by atoms with Crippen molar-refractivity contribution in [1.29, 1.82) is 0 Å². The Kier molecular flexibility index (Phi) is 4.41. The summed E-state index contributed by atoms with van der Waals surface area (Å²) in [5.74, 6) is -0.824. The first-order valence-corrected chi connectivity index (χ1v) is 6.20.